The lowest BCUT2D eigenvalue weighted by molar-refractivity contribution is -0.123. The molecule has 0 spiro atoms. The standard InChI is InChI=1S/C20H23ClN4O4/c1-13(2)22-18(27)12-29-20-17-10-19(28-8-4-7-26)24-25(17)11-16(23-20)14-5-3-6-15(21)9-14/h3,5-6,9-11,13,26H,4,7-8,12H2,1-2H3,(H,22,27). The van der Waals surface area contributed by atoms with Gasteiger partial charge in [-0.05, 0) is 26.0 Å². The molecule has 0 fully saturated rings. The molecule has 0 aliphatic heterocycles. The van der Waals surface area contributed by atoms with Crippen LogP contribution in [0.4, 0.5) is 0 Å². The van der Waals surface area contributed by atoms with Gasteiger partial charge in [0.15, 0.2) is 6.61 Å². The van der Waals surface area contributed by atoms with Crippen molar-refractivity contribution in [3.63, 3.8) is 0 Å². The van der Waals surface area contributed by atoms with Crippen LogP contribution in [0.1, 0.15) is 20.3 Å². The lowest BCUT2D eigenvalue weighted by atomic mass is 10.2. The van der Waals surface area contributed by atoms with Gasteiger partial charge in [0.1, 0.15) is 5.52 Å². The summed E-state index contributed by atoms with van der Waals surface area (Å²) < 4.78 is 12.8. The van der Waals surface area contributed by atoms with E-state index < -0.39 is 0 Å². The summed E-state index contributed by atoms with van der Waals surface area (Å²) in [7, 11) is 0. The molecular weight excluding hydrogens is 396 g/mol. The maximum Gasteiger partial charge on any atom is 0.258 e. The van der Waals surface area contributed by atoms with Crippen molar-refractivity contribution < 1.29 is 19.4 Å². The summed E-state index contributed by atoms with van der Waals surface area (Å²) in [4.78, 5) is 16.5. The van der Waals surface area contributed by atoms with E-state index in [1.807, 2.05) is 26.0 Å². The second-order valence-corrected chi connectivity index (χ2v) is 7.13. The van der Waals surface area contributed by atoms with Crippen molar-refractivity contribution in [2.45, 2.75) is 26.3 Å². The largest absolute Gasteiger partial charge is 0.476 e. The molecule has 0 saturated heterocycles. The Morgan fingerprint density at radius 1 is 1.31 bits per heavy atom. The first-order valence-electron chi connectivity index (χ1n) is 9.28. The molecule has 0 unspecified atom stereocenters. The number of nitrogens with one attached hydrogen (secondary N) is 1. The minimum absolute atomic E-state index is 0.0124. The zero-order valence-electron chi connectivity index (χ0n) is 16.3. The number of hydrogen-bond donors (Lipinski definition) is 2. The SMILES string of the molecule is CC(C)NC(=O)COc1nc(-c2cccc(Cl)c2)cn2nc(OCCCO)cc12. The number of rotatable bonds is 9. The van der Waals surface area contributed by atoms with E-state index in [-0.39, 0.29) is 31.0 Å². The number of carbonyl (C=O) groups excluding carboxylic acids is 1. The minimum Gasteiger partial charge on any atom is -0.476 e. The number of fused-ring (bicyclic) bond motifs is 1. The number of aliphatic hydroxyl groups excluding tert-OH is 1. The highest BCUT2D eigenvalue weighted by Gasteiger charge is 2.15. The quantitative estimate of drug-likeness (QED) is 0.518. The molecule has 0 aliphatic rings. The first-order valence-corrected chi connectivity index (χ1v) is 9.66. The fourth-order valence-corrected chi connectivity index (χ4v) is 2.83. The second kappa shape index (κ2) is 9.58. The zero-order chi connectivity index (χ0) is 20.8. The lowest BCUT2D eigenvalue weighted by Crippen LogP contribution is -2.34. The minimum atomic E-state index is -0.243. The summed E-state index contributed by atoms with van der Waals surface area (Å²) in [5.41, 5.74) is 1.94. The monoisotopic (exact) mass is 418 g/mol. The third-order valence-electron chi connectivity index (χ3n) is 3.86. The van der Waals surface area contributed by atoms with Gasteiger partial charge in [0.2, 0.25) is 11.8 Å². The average molecular weight is 419 g/mol. The van der Waals surface area contributed by atoms with Crippen molar-refractivity contribution in [2.24, 2.45) is 0 Å². The number of amides is 1. The van der Waals surface area contributed by atoms with E-state index in [0.717, 1.165) is 5.56 Å². The molecule has 0 saturated carbocycles. The molecule has 1 amide bonds. The van der Waals surface area contributed by atoms with Gasteiger partial charge in [-0.15, -0.1) is 5.10 Å². The highest BCUT2D eigenvalue weighted by molar-refractivity contribution is 6.30. The Hall–Kier alpha value is -2.84. The van der Waals surface area contributed by atoms with Crippen LogP contribution in [0.5, 0.6) is 11.8 Å². The van der Waals surface area contributed by atoms with Gasteiger partial charge in [-0.2, -0.15) is 0 Å². The summed E-state index contributed by atoms with van der Waals surface area (Å²) in [5, 5.41) is 16.7. The maximum atomic E-state index is 12.0. The van der Waals surface area contributed by atoms with Gasteiger partial charge in [-0.25, -0.2) is 9.50 Å². The average Bonchev–Trinajstić information content (AvgIpc) is 3.08. The Morgan fingerprint density at radius 2 is 2.14 bits per heavy atom. The molecule has 2 aromatic heterocycles. The number of hydrogen-bond acceptors (Lipinski definition) is 6. The zero-order valence-corrected chi connectivity index (χ0v) is 17.0. The van der Waals surface area contributed by atoms with Crippen molar-refractivity contribution in [2.75, 3.05) is 19.8 Å². The third kappa shape index (κ3) is 5.58. The molecule has 2 N–H and O–H groups in total. The number of carbonyl (C=O) groups is 1. The van der Waals surface area contributed by atoms with Crippen LogP contribution in [0, 0.1) is 0 Å². The number of aromatic nitrogens is 3. The predicted molar refractivity (Wildman–Crippen MR) is 109 cm³/mol. The second-order valence-electron chi connectivity index (χ2n) is 6.69. The molecule has 3 rings (SSSR count). The van der Waals surface area contributed by atoms with Crippen molar-refractivity contribution in [1.82, 2.24) is 19.9 Å². The summed E-state index contributed by atoms with van der Waals surface area (Å²) in [6.07, 6.45) is 2.24. The van der Waals surface area contributed by atoms with E-state index in [9.17, 15) is 4.79 Å². The van der Waals surface area contributed by atoms with Crippen LogP contribution < -0.4 is 14.8 Å². The van der Waals surface area contributed by atoms with Crippen LogP contribution in [0.3, 0.4) is 0 Å². The molecule has 154 valence electrons. The van der Waals surface area contributed by atoms with Gasteiger partial charge in [0.25, 0.3) is 5.91 Å². The van der Waals surface area contributed by atoms with Crippen molar-refractivity contribution >= 4 is 23.0 Å². The summed E-state index contributed by atoms with van der Waals surface area (Å²) in [5.74, 6) is 0.387. The van der Waals surface area contributed by atoms with E-state index >= 15 is 0 Å². The van der Waals surface area contributed by atoms with Gasteiger partial charge in [-0.3, -0.25) is 4.79 Å². The van der Waals surface area contributed by atoms with Crippen LogP contribution in [-0.2, 0) is 4.79 Å². The summed E-state index contributed by atoms with van der Waals surface area (Å²) in [6, 6.07) is 8.95. The van der Waals surface area contributed by atoms with E-state index in [1.165, 1.54) is 0 Å². The van der Waals surface area contributed by atoms with E-state index in [1.54, 1.807) is 28.9 Å². The lowest BCUT2D eigenvalue weighted by Gasteiger charge is -2.11. The topological polar surface area (TPSA) is 98.0 Å². The van der Waals surface area contributed by atoms with Gasteiger partial charge in [0.05, 0.1) is 18.5 Å². The van der Waals surface area contributed by atoms with Crippen molar-refractivity contribution in [3.8, 4) is 23.0 Å². The van der Waals surface area contributed by atoms with Gasteiger partial charge in [-0.1, -0.05) is 23.7 Å². The Balaban J connectivity index is 1.94. The number of halogens is 1. The molecule has 2 heterocycles. The molecule has 29 heavy (non-hydrogen) atoms. The van der Waals surface area contributed by atoms with Crippen LogP contribution in [0.2, 0.25) is 5.02 Å². The Labute approximate surface area is 173 Å². The molecular formula is C20H23ClN4O4. The Kier molecular flexibility index (Phi) is 6.90. The number of nitrogens with zero attached hydrogens (tertiary/aromatic N) is 3. The number of ether oxygens (including phenoxy) is 2. The molecule has 0 atom stereocenters. The normalized spacial score (nSPS) is 11.1. The van der Waals surface area contributed by atoms with E-state index in [0.29, 0.717) is 35.1 Å². The van der Waals surface area contributed by atoms with Gasteiger partial charge < -0.3 is 19.9 Å². The van der Waals surface area contributed by atoms with Crippen LogP contribution >= 0.6 is 11.6 Å². The third-order valence-corrected chi connectivity index (χ3v) is 4.10. The van der Waals surface area contributed by atoms with E-state index in [4.69, 9.17) is 26.2 Å². The Bertz CT molecular complexity index is 990. The van der Waals surface area contributed by atoms with Crippen molar-refractivity contribution in [1.29, 1.82) is 0 Å². The Morgan fingerprint density at radius 3 is 2.86 bits per heavy atom. The number of aliphatic hydroxyl groups is 1. The smallest absolute Gasteiger partial charge is 0.258 e. The van der Waals surface area contributed by atoms with Gasteiger partial charge in [0, 0.05) is 35.7 Å². The molecule has 3 aromatic rings. The van der Waals surface area contributed by atoms with E-state index in [2.05, 4.69) is 15.4 Å². The molecule has 8 nitrogen and oxygen atoms in total. The van der Waals surface area contributed by atoms with Crippen LogP contribution in [0.15, 0.2) is 36.5 Å². The fraction of sp³-hybridized carbons (Fsp3) is 0.350. The molecule has 0 bridgehead atoms. The molecule has 0 radical (unpaired) electrons. The predicted octanol–water partition coefficient (Wildman–Crippen LogP) is 2.71. The fourth-order valence-electron chi connectivity index (χ4n) is 2.64. The van der Waals surface area contributed by atoms with Crippen molar-refractivity contribution in [3.05, 3.63) is 41.6 Å². The van der Waals surface area contributed by atoms with Gasteiger partial charge >= 0.3 is 0 Å². The summed E-state index contributed by atoms with van der Waals surface area (Å²) >= 11 is 6.10. The maximum absolute atomic E-state index is 12.0. The summed E-state index contributed by atoms with van der Waals surface area (Å²) in [6.45, 7) is 3.95. The van der Waals surface area contributed by atoms with Crippen LogP contribution in [0.25, 0.3) is 16.8 Å². The number of benzene rings is 1. The first kappa shape index (κ1) is 20.9. The van der Waals surface area contributed by atoms with Crippen LogP contribution in [-0.4, -0.2) is 51.5 Å². The highest BCUT2D eigenvalue weighted by Crippen LogP contribution is 2.28. The molecule has 9 heteroatoms. The first-order chi connectivity index (χ1) is 14.0. The highest BCUT2D eigenvalue weighted by atomic mass is 35.5. The molecule has 0 aliphatic carbocycles. The molecule has 1 aromatic carbocycles.